The topological polar surface area (TPSA) is 109 Å². The number of carbonyl (C=O) groups excluding carboxylic acids is 1. The van der Waals surface area contributed by atoms with Gasteiger partial charge < -0.3 is 21.3 Å². The van der Waals surface area contributed by atoms with E-state index in [0.717, 1.165) is 25.9 Å². The number of amides is 1. The second kappa shape index (κ2) is 7.58. The number of nitrogens with two attached hydrogens (primary N) is 1. The Balaban J connectivity index is 1.52. The highest BCUT2D eigenvalue weighted by Gasteiger charge is 2.18. The van der Waals surface area contributed by atoms with Crippen molar-refractivity contribution in [2.24, 2.45) is 0 Å². The number of rotatable bonds is 7. The van der Waals surface area contributed by atoms with E-state index >= 15 is 0 Å². The van der Waals surface area contributed by atoms with Crippen LogP contribution in [0.4, 0.5) is 23.4 Å². The number of carbonyl (C=O) groups is 1. The molecule has 0 aromatic carbocycles. The molecule has 24 heavy (non-hydrogen) atoms. The molecule has 0 bridgehead atoms. The molecular formula is C16H21N7O. The van der Waals surface area contributed by atoms with Crippen LogP contribution in [0.15, 0.2) is 30.5 Å². The minimum atomic E-state index is 0.188. The van der Waals surface area contributed by atoms with Gasteiger partial charge in [0, 0.05) is 38.3 Å². The first-order valence-corrected chi connectivity index (χ1v) is 8.05. The first kappa shape index (κ1) is 16.0. The Morgan fingerprint density at radius 1 is 1.21 bits per heavy atom. The van der Waals surface area contributed by atoms with Crippen LogP contribution in [-0.4, -0.2) is 45.4 Å². The summed E-state index contributed by atoms with van der Waals surface area (Å²) in [5, 5.41) is 6.31. The average molecular weight is 327 g/mol. The summed E-state index contributed by atoms with van der Waals surface area (Å²) < 4.78 is 0. The summed E-state index contributed by atoms with van der Waals surface area (Å²) >= 11 is 0. The molecule has 1 aliphatic rings. The van der Waals surface area contributed by atoms with E-state index in [1.54, 1.807) is 12.3 Å². The van der Waals surface area contributed by atoms with Crippen LogP contribution in [0.1, 0.15) is 19.3 Å². The van der Waals surface area contributed by atoms with Crippen molar-refractivity contribution < 1.29 is 4.79 Å². The molecule has 8 heteroatoms. The Kier molecular flexibility index (Phi) is 5.05. The van der Waals surface area contributed by atoms with E-state index in [9.17, 15) is 4.79 Å². The van der Waals surface area contributed by atoms with Crippen molar-refractivity contribution in [2.45, 2.75) is 19.3 Å². The lowest BCUT2D eigenvalue weighted by Crippen LogP contribution is -2.27. The summed E-state index contributed by atoms with van der Waals surface area (Å²) in [7, 11) is 0. The van der Waals surface area contributed by atoms with E-state index in [1.165, 1.54) is 0 Å². The van der Waals surface area contributed by atoms with E-state index in [-0.39, 0.29) is 11.9 Å². The molecular weight excluding hydrogens is 306 g/mol. The van der Waals surface area contributed by atoms with Crippen LogP contribution in [0.2, 0.25) is 0 Å². The molecule has 3 rings (SSSR count). The molecule has 126 valence electrons. The van der Waals surface area contributed by atoms with Gasteiger partial charge in [-0.3, -0.25) is 4.79 Å². The minimum Gasteiger partial charge on any atom is -0.370 e. The van der Waals surface area contributed by atoms with Crippen LogP contribution in [0.25, 0.3) is 0 Å². The Morgan fingerprint density at radius 3 is 2.83 bits per heavy atom. The van der Waals surface area contributed by atoms with Crippen LogP contribution >= 0.6 is 0 Å². The SMILES string of the molecule is Nc1nc(NCCCN2CCCC2=O)cc(Nc2ccccn2)n1. The van der Waals surface area contributed by atoms with Gasteiger partial charge in [0.2, 0.25) is 11.9 Å². The van der Waals surface area contributed by atoms with Gasteiger partial charge >= 0.3 is 0 Å². The number of nitrogens with zero attached hydrogens (tertiary/aromatic N) is 4. The molecule has 1 saturated heterocycles. The summed E-state index contributed by atoms with van der Waals surface area (Å²) in [6.45, 7) is 2.35. The van der Waals surface area contributed by atoms with Gasteiger partial charge in [-0.1, -0.05) is 6.07 Å². The fourth-order valence-corrected chi connectivity index (χ4v) is 2.62. The zero-order valence-corrected chi connectivity index (χ0v) is 13.4. The summed E-state index contributed by atoms with van der Waals surface area (Å²) in [5.41, 5.74) is 5.76. The zero-order valence-electron chi connectivity index (χ0n) is 13.4. The summed E-state index contributed by atoms with van der Waals surface area (Å²) in [4.78, 5) is 26.0. The number of hydrogen-bond donors (Lipinski definition) is 3. The quantitative estimate of drug-likeness (QED) is 0.663. The van der Waals surface area contributed by atoms with Crippen molar-refractivity contribution in [3.8, 4) is 0 Å². The van der Waals surface area contributed by atoms with E-state index in [2.05, 4.69) is 25.6 Å². The van der Waals surface area contributed by atoms with Crippen LogP contribution in [0, 0.1) is 0 Å². The van der Waals surface area contributed by atoms with Gasteiger partial charge in [-0.2, -0.15) is 9.97 Å². The highest BCUT2D eigenvalue weighted by atomic mass is 16.2. The third-order valence-electron chi connectivity index (χ3n) is 3.75. The van der Waals surface area contributed by atoms with Gasteiger partial charge in [-0.05, 0) is 25.0 Å². The van der Waals surface area contributed by atoms with Gasteiger partial charge in [-0.25, -0.2) is 4.98 Å². The van der Waals surface area contributed by atoms with Crippen molar-refractivity contribution in [2.75, 3.05) is 36.0 Å². The number of hydrogen-bond acceptors (Lipinski definition) is 7. The highest BCUT2D eigenvalue weighted by molar-refractivity contribution is 5.78. The first-order valence-electron chi connectivity index (χ1n) is 8.05. The van der Waals surface area contributed by atoms with Crippen LogP contribution in [0.3, 0.4) is 0 Å². The predicted molar refractivity (Wildman–Crippen MR) is 92.9 cm³/mol. The average Bonchev–Trinajstić information content (AvgIpc) is 2.97. The van der Waals surface area contributed by atoms with Crippen molar-refractivity contribution in [1.82, 2.24) is 19.9 Å². The third kappa shape index (κ3) is 4.31. The predicted octanol–water partition coefficient (Wildman–Crippen LogP) is 1.62. The zero-order chi connectivity index (χ0) is 16.8. The molecule has 0 atom stereocenters. The molecule has 4 N–H and O–H groups in total. The molecule has 3 heterocycles. The Labute approximate surface area is 140 Å². The van der Waals surface area contributed by atoms with Gasteiger partial charge in [-0.15, -0.1) is 0 Å². The number of nitrogens with one attached hydrogen (secondary N) is 2. The molecule has 2 aromatic heterocycles. The molecule has 0 spiro atoms. The Bertz CT molecular complexity index is 692. The van der Waals surface area contributed by atoms with Crippen LogP contribution in [0.5, 0.6) is 0 Å². The summed E-state index contributed by atoms with van der Waals surface area (Å²) in [6, 6.07) is 7.36. The number of anilines is 4. The summed E-state index contributed by atoms with van der Waals surface area (Å²) in [6.07, 6.45) is 4.21. The van der Waals surface area contributed by atoms with Crippen molar-refractivity contribution >= 4 is 29.3 Å². The van der Waals surface area contributed by atoms with E-state index in [1.807, 2.05) is 23.1 Å². The normalized spacial score (nSPS) is 14.0. The second-order valence-corrected chi connectivity index (χ2v) is 5.60. The molecule has 1 fully saturated rings. The maximum absolute atomic E-state index is 11.6. The minimum absolute atomic E-state index is 0.188. The largest absolute Gasteiger partial charge is 0.370 e. The van der Waals surface area contributed by atoms with E-state index in [4.69, 9.17) is 5.73 Å². The molecule has 0 aliphatic carbocycles. The molecule has 0 unspecified atom stereocenters. The Hall–Kier alpha value is -2.90. The number of nitrogen functional groups attached to an aromatic ring is 1. The van der Waals surface area contributed by atoms with Crippen molar-refractivity contribution in [3.05, 3.63) is 30.5 Å². The smallest absolute Gasteiger partial charge is 0.223 e. The third-order valence-corrected chi connectivity index (χ3v) is 3.75. The van der Waals surface area contributed by atoms with Gasteiger partial charge in [0.1, 0.15) is 17.5 Å². The van der Waals surface area contributed by atoms with Gasteiger partial charge in [0.15, 0.2) is 0 Å². The molecule has 0 radical (unpaired) electrons. The standard InChI is InChI=1S/C16H21N7O/c17-16-21-13(19-8-4-10-23-9-3-6-15(23)24)11-14(22-16)20-12-5-1-2-7-18-12/h1-2,5,7,11H,3-4,6,8-10H2,(H4,17,18,19,20,21,22). The molecule has 2 aromatic rings. The van der Waals surface area contributed by atoms with E-state index in [0.29, 0.717) is 30.4 Å². The fourth-order valence-electron chi connectivity index (χ4n) is 2.62. The number of aromatic nitrogens is 3. The molecule has 1 aliphatic heterocycles. The van der Waals surface area contributed by atoms with Gasteiger partial charge in [0.25, 0.3) is 0 Å². The van der Waals surface area contributed by atoms with E-state index < -0.39 is 0 Å². The molecule has 0 saturated carbocycles. The summed E-state index contributed by atoms with van der Waals surface area (Å²) in [5.74, 6) is 2.36. The van der Waals surface area contributed by atoms with Crippen molar-refractivity contribution in [1.29, 1.82) is 0 Å². The monoisotopic (exact) mass is 327 g/mol. The lowest BCUT2D eigenvalue weighted by Gasteiger charge is -2.15. The lowest BCUT2D eigenvalue weighted by atomic mass is 10.3. The van der Waals surface area contributed by atoms with Crippen molar-refractivity contribution in [3.63, 3.8) is 0 Å². The molecule has 8 nitrogen and oxygen atoms in total. The van der Waals surface area contributed by atoms with Crippen LogP contribution in [-0.2, 0) is 4.79 Å². The second-order valence-electron chi connectivity index (χ2n) is 5.60. The van der Waals surface area contributed by atoms with Gasteiger partial charge in [0.05, 0.1) is 0 Å². The number of pyridine rings is 1. The maximum atomic E-state index is 11.6. The maximum Gasteiger partial charge on any atom is 0.223 e. The first-order chi connectivity index (χ1) is 11.7. The number of likely N-dealkylation sites (tertiary alicyclic amines) is 1. The molecule has 1 amide bonds. The highest BCUT2D eigenvalue weighted by Crippen LogP contribution is 2.16. The lowest BCUT2D eigenvalue weighted by molar-refractivity contribution is -0.127. The Morgan fingerprint density at radius 2 is 2.08 bits per heavy atom. The fraction of sp³-hybridized carbons (Fsp3) is 0.375. The van der Waals surface area contributed by atoms with Crippen LogP contribution < -0.4 is 16.4 Å².